The van der Waals surface area contributed by atoms with Crippen molar-refractivity contribution in [2.75, 3.05) is 10.6 Å². The fourth-order valence-electron chi connectivity index (χ4n) is 2.57. The largest absolute Gasteiger partial charge is 0.467 e. The summed E-state index contributed by atoms with van der Waals surface area (Å²) in [5.41, 5.74) is 0.961. The highest BCUT2D eigenvalue weighted by molar-refractivity contribution is 5.42. The highest BCUT2D eigenvalue weighted by Gasteiger charge is 2.16. The van der Waals surface area contributed by atoms with Crippen molar-refractivity contribution in [1.29, 1.82) is 0 Å². The summed E-state index contributed by atoms with van der Waals surface area (Å²) in [6.07, 6.45) is 6.70. The molecule has 0 spiro atoms. The van der Waals surface area contributed by atoms with E-state index in [0.717, 1.165) is 23.2 Å². The van der Waals surface area contributed by atoms with E-state index in [1.165, 1.54) is 25.7 Å². The Hall–Kier alpha value is -2.04. The van der Waals surface area contributed by atoms with E-state index in [4.69, 9.17) is 4.42 Å². The Bertz CT molecular complexity index is 547. The third kappa shape index (κ3) is 3.29. The molecule has 5 nitrogen and oxygen atoms in total. The Balaban J connectivity index is 1.65. The van der Waals surface area contributed by atoms with E-state index in [9.17, 15) is 0 Å². The molecule has 0 saturated heterocycles. The van der Waals surface area contributed by atoms with Crippen molar-refractivity contribution in [2.24, 2.45) is 0 Å². The highest BCUT2D eigenvalue weighted by Crippen LogP contribution is 2.21. The first-order valence-electron chi connectivity index (χ1n) is 7.18. The Morgan fingerprint density at radius 3 is 2.90 bits per heavy atom. The molecule has 0 amide bonds. The van der Waals surface area contributed by atoms with Crippen molar-refractivity contribution in [3.05, 3.63) is 35.9 Å². The van der Waals surface area contributed by atoms with E-state index in [2.05, 4.69) is 20.6 Å². The molecule has 0 atom stereocenters. The van der Waals surface area contributed by atoms with Gasteiger partial charge in [0.15, 0.2) is 0 Å². The molecule has 1 fully saturated rings. The van der Waals surface area contributed by atoms with E-state index >= 15 is 0 Å². The number of anilines is 2. The number of aromatic nitrogens is 2. The Morgan fingerprint density at radius 1 is 1.30 bits per heavy atom. The van der Waals surface area contributed by atoms with Crippen LogP contribution in [-0.4, -0.2) is 16.0 Å². The lowest BCUT2D eigenvalue weighted by molar-refractivity contribution is 0.518. The molecule has 5 heteroatoms. The van der Waals surface area contributed by atoms with Crippen molar-refractivity contribution in [1.82, 2.24) is 9.97 Å². The zero-order chi connectivity index (χ0) is 13.8. The molecule has 3 rings (SSSR count). The number of rotatable bonds is 5. The first kappa shape index (κ1) is 13.0. The minimum atomic E-state index is 0.523. The van der Waals surface area contributed by atoms with Crippen LogP contribution in [0.3, 0.4) is 0 Å². The van der Waals surface area contributed by atoms with Crippen LogP contribution in [0.4, 0.5) is 11.8 Å². The van der Waals surface area contributed by atoms with Crippen molar-refractivity contribution in [3.8, 4) is 0 Å². The molecule has 1 aliphatic carbocycles. The van der Waals surface area contributed by atoms with Gasteiger partial charge in [-0.3, -0.25) is 0 Å². The lowest BCUT2D eigenvalue weighted by Gasteiger charge is -2.13. The average molecular weight is 272 g/mol. The summed E-state index contributed by atoms with van der Waals surface area (Å²) in [4.78, 5) is 8.98. The molecule has 1 saturated carbocycles. The predicted octanol–water partition coefficient (Wildman–Crippen LogP) is 3.34. The molecule has 0 aromatic carbocycles. The van der Waals surface area contributed by atoms with E-state index in [1.54, 1.807) is 6.26 Å². The maximum atomic E-state index is 5.30. The summed E-state index contributed by atoms with van der Waals surface area (Å²) in [7, 11) is 0. The van der Waals surface area contributed by atoms with Crippen LogP contribution in [0.15, 0.2) is 28.9 Å². The monoisotopic (exact) mass is 272 g/mol. The van der Waals surface area contributed by atoms with Crippen LogP contribution in [0.1, 0.15) is 37.1 Å². The molecule has 0 bridgehead atoms. The lowest BCUT2D eigenvalue weighted by Crippen LogP contribution is -2.17. The first-order valence-corrected chi connectivity index (χ1v) is 7.18. The lowest BCUT2D eigenvalue weighted by atomic mass is 10.2. The van der Waals surface area contributed by atoms with Gasteiger partial charge in [-0.25, -0.2) is 4.98 Å². The molecule has 20 heavy (non-hydrogen) atoms. The minimum absolute atomic E-state index is 0.523. The van der Waals surface area contributed by atoms with E-state index < -0.39 is 0 Å². The zero-order valence-corrected chi connectivity index (χ0v) is 11.7. The van der Waals surface area contributed by atoms with Crippen molar-refractivity contribution in [2.45, 2.75) is 45.2 Å². The summed E-state index contributed by atoms with van der Waals surface area (Å²) < 4.78 is 5.30. The van der Waals surface area contributed by atoms with Gasteiger partial charge in [0, 0.05) is 17.8 Å². The van der Waals surface area contributed by atoms with Gasteiger partial charge in [0.05, 0.1) is 12.8 Å². The second-order valence-electron chi connectivity index (χ2n) is 5.28. The van der Waals surface area contributed by atoms with E-state index in [-0.39, 0.29) is 0 Å². The van der Waals surface area contributed by atoms with Crippen LogP contribution in [-0.2, 0) is 6.54 Å². The Kier molecular flexibility index (Phi) is 3.85. The van der Waals surface area contributed by atoms with E-state index in [0.29, 0.717) is 12.6 Å². The maximum Gasteiger partial charge on any atom is 0.225 e. The predicted molar refractivity (Wildman–Crippen MR) is 78.7 cm³/mol. The second-order valence-corrected chi connectivity index (χ2v) is 5.28. The average Bonchev–Trinajstić information content (AvgIpc) is 3.08. The quantitative estimate of drug-likeness (QED) is 0.874. The normalized spacial score (nSPS) is 15.4. The van der Waals surface area contributed by atoms with Gasteiger partial charge in [-0.15, -0.1) is 0 Å². The topological polar surface area (TPSA) is 63.0 Å². The first-order chi connectivity index (χ1) is 9.79. The molecule has 1 aliphatic rings. The van der Waals surface area contributed by atoms with Crippen LogP contribution in [0.5, 0.6) is 0 Å². The summed E-state index contributed by atoms with van der Waals surface area (Å²) in [6, 6.07) is 6.30. The number of hydrogen-bond donors (Lipinski definition) is 2. The van der Waals surface area contributed by atoms with Gasteiger partial charge in [-0.1, -0.05) is 12.8 Å². The van der Waals surface area contributed by atoms with E-state index in [1.807, 2.05) is 25.1 Å². The van der Waals surface area contributed by atoms with Gasteiger partial charge >= 0.3 is 0 Å². The third-order valence-corrected chi connectivity index (χ3v) is 3.57. The minimum Gasteiger partial charge on any atom is -0.467 e. The summed E-state index contributed by atoms with van der Waals surface area (Å²) in [6.45, 7) is 2.62. The molecule has 2 aromatic rings. The molecule has 2 aromatic heterocycles. The molecule has 2 heterocycles. The molecule has 0 aliphatic heterocycles. The summed E-state index contributed by atoms with van der Waals surface area (Å²) in [5, 5.41) is 6.70. The summed E-state index contributed by atoms with van der Waals surface area (Å²) in [5.74, 6) is 2.44. The third-order valence-electron chi connectivity index (χ3n) is 3.57. The van der Waals surface area contributed by atoms with Gasteiger partial charge < -0.3 is 15.1 Å². The molecule has 0 unspecified atom stereocenters. The molecule has 0 radical (unpaired) electrons. The van der Waals surface area contributed by atoms with Crippen molar-refractivity contribution < 1.29 is 4.42 Å². The van der Waals surface area contributed by atoms with Gasteiger partial charge in [0.25, 0.3) is 0 Å². The number of aryl methyl sites for hydroxylation is 1. The Morgan fingerprint density at radius 2 is 2.15 bits per heavy atom. The highest BCUT2D eigenvalue weighted by atomic mass is 16.3. The Labute approximate surface area is 118 Å². The van der Waals surface area contributed by atoms with Crippen LogP contribution >= 0.6 is 0 Å². The smallest absolute Gasteiger partial charge is 0.225 e. The van der Waals surface area contributed by atoms with Crippen molar-refractivity contribution >= 4 is 11.8 Å². The molecule has 106 valence electrons. The van der Waals surface area contributed by atoms with Crippen LogP contribution in [0.2, 0.25) is 0 Å². The standard InChI is InChI=1S/C15H20N4O/c1-11-9-14(16-10-13-7-4-8-20-13)19-15(17-11)18-12-5-2-3-6-12/h4,7-9,12H,2-3,5-6,10H2,1H3,(H2,16,17,18,19). The number of nitrogens with zero attached hydrogens (tertiary/aromatic N) is 2. The SMILES string of the molecule is Cc1cc(NCc2ccco2)nc(NC2CCCC2)n1. The second kappa shape index (κ2) is 5.94. The fraction of sp³-hybridized carbons (Fsp3) is 0.467. The molecule has 2 N–H and O–H groups in total. The van der Waals surface area contributed by atoms with Crippen LogP contribution < -0.4 is 10.6 Å². The van der Waals surface area contributed by atoms with Gasteiger partial charge in [-0.05, 0) is 31.9 Å². The number of nitrogens with one attached hydrogen (secondary N) is 2. The van der Waals surface area contributed by atoms with Crippen molar-refractivity contribution in [3.63, 3.8) is 0 Å². The van der Waals surface area contributed by atoms with Gasteiger partial charge in [-0.2, -0.15) is 4.98 Å². The zero-order valence-electron chi connectivity index (χ0n) is 11.7. The van der Waals surface area contributed by atoms with Gasteiger partial charge in [0.2, 0.25) is 5.95 Å². The number of hydrogen-bond acceptors (Lipinski definition) is 5. The van der Waals surface area contributed by atoms with Gasteiger partial charge in [0.1, 0.15) is 11.6 Å². The van der Waals surface area contributed by atoms with Crippen LogP contribution in [0.25, 0.3) is 0 Å². The molecular formula is C15H20N4O. The van der Waals surface area contributed by atoms with Crippen LogP contribution in [0, 0.1) is 6.92 Å². The number of furan rings is 1. The summed E-state index contributed by atoms with van der Waals surface area (Å²) >= 11 is 0. The molecular weight excluding hydrogens is 252 g/mol. The maximum absolute atomic E-state index is 5.30. The fourth-order valence-corrected chi connectivity index (χ4v) is 2.57.